The van der Waals surface area contributed by atoms with Crippen LogP contribution in [0.3, 0.4) is 0 Å². The molecule has 0 atom stereocenters. The van der Waals surface area contributed by atoms with Crippen molar-refractivity contribution in [2.24, 2.45) is 10.2 Å². The molecule has 0 saturated heterocycles. The van der Waals surface area contributed by atoms with Gasteiger partial charge in [-0.25, -0.2) is 0 Å². The number of benzene rings is 2. The second-order valence-corrected chi connectivity index (χ2v) is 5.92. The highest BCUT2D eigenvalue weighted by molar-refractivity contribution is 8.00. The number of phenols is 1. The summed E-state index contributed by atoms with van der Waals surface area (Å²) in [4.78, 5) is 0. The quantitative estimate of drug-likeness (QED) is 0.570. The van der Waals surface area contributed by atoms with E-state index in [-0.39, 0.29) is 5.75 Å². The van der Waals surface area contributed by atoms with Crippen LogP contribution in [0.1, 0.15) is 0 Å². The first kappa shape index (κ1) is 13.0. The van der Waals surface area contributed by atoms with Crippen LogP contribution in [0, 0.1) is 0 Å². The Morgan fingerprint density at radius 1 is 1.10 bits per heavy atom. The van der Waals surface area contributed by atoms with Gasteiger partial charge in [0.25, 0.3) is 5.13 Å². The topological polar surface area (TPSA) is 70.7 Å². The van der Waals surface area contributed by atoms with E-state index in [9.17, 15) is 5.11 Å². The maximum absolute atomic E-state index is 9.95. The summed E-state index contributed by atoms with van der Waals surface area (Å²) in [7, 11) is 0. The number of azo groups is 1. The van der Waals surface area contributed by atoms with Crippen LogP contribution >= 0.6 is 23.1 Å². The number of rotatable bonds is 3. The van der Waals surface area contributed by atoms with Gasteiger partial charge in [-0.15, -0.1) is 20.4 Å². The third-order valence-electron chi connectivity index (χ3n) is 2.69. The van der Waals surface area contributed by atoms with Gasteiger partial charge in [-0.1, -0.05) is 53.4 Å². The minimum absolute atomic E-state index is 0.0991. The van der Waals surface area contributed by atoms with Crippen molar-refractivity contribution in [3.05, 3.63) is 36.4 Å². The smallest absolute Gasteiger partial charge is 0.252 e. The lowest BCUT2D eigenvalue weighted by atomic mass is 10.1. The molecule has 0 aliphatic rings. The van der Waals surface area contributed by atoms with Crippen LogP contribution in [0.4, 0.5) is 10.8 Å². The number of aromatic hydroxyl groups is 1. The molecule has 3 rings (SSSR count). The molecule has 0 amide bonds. The van der Waals surface area contributed by atoms with E-state index in [1.807, 2.05) is 36.6 Å². The van der Waals surface area contributed by atoms with Gasteiger partial charge < -0.3 is 5.11 Å². The van der Waals surface area contributed by atoms with Gasteiger partial charge in [0, 0.05) is 5.39 Å². The lowest BCUT2D eigenvalue weighted by Crippen LogP contribution is -1.74. The monoisotopic (exact) mass is 302 g/mol. The van der Waals surface area contributed by atoms with Gasteiger partial charge >= 0.3 is 0 Å². The molecular formula is C13H10N4OS2. The van der Waals surface area contributed by atoms with Crippen molar-refractivity contribution in [2.45, 2.75) is 4.34 Å². The number of thioether (sulfide) groups is 1. The molecule has 100 valence electrons. The third-order valence-corrected chi connectivity index (χ3v) is 4.47. The fourth-order valence-electron chi connectivity index (χ4n) is 1.77. The Morgan fingerprint density at radius 2 is 1.95 bits per heavy atom. The molecule has 0 radical (unpaired) electrons. The first-order chi connectivity index (χ1) is 9.78. The van der Waals surface area contributed by atoms with E-state index in [0.29, 0.717) is 10.8 Å². The Kier molecular flexibility index (Phi) is 3.62. The van der Waals surface area contributed by atoms with Gasteiger partial charge in [-0.05, 0) is 17.7 Å². The maximum atomic E-state index is 9.95. The zero-order valence-electron chi connectivity index (χ0n) is 10.5. The van der Waals surface area contributed by atoms with Crippen molar-refractivity contribution >= 4 is 44.7 Å². The summed E-state index contributed by atoms with van der Waals surface area (Å²) in [5.41, 5.74) is 0.448. The molecule has 7 heteroatoms. The average Bonchev–Trinajstić information content (AvgIpc) is 2.94. The van der Waals surface area contributed by atoms with E-state index >= 15 is 0 Å². The van der Waals surface area contributed by atoms with Crippen LogP contribution < -0.4 is 0 Å². The molecule has 3 aromatic rings. The molecule has 1 aromatic heterocycles. The SMILES string of the molecule is CSc1nnc(N=Nc2c(O)ccc3ccccc23)s1. The normalized spacial score (nSPS) is 11.4. The van der Waals surface area contributed by atoms with Gasteiger partial charge in [-0.3, -0.25) is 0 Å². The molecule has 1 heterocycles. The van der Waals surface area contributed by atoms with E-state index < -0.39 is 0 Å². The zero-order chi connectivity index (χ0) is 13.9. The predicted octanol–water partition coefficient (Wildman–Crippen LogP) is 4.53. The van der Waals surface area contributed by atoms with Crippen molar-refractivity contribution < 1.29 is 5.11 Å². The molecule has 0 bridgehead atoms. The molecular weight excluding hydrogens is 292 g/mol. The highest BCUT2D eigenvalue weighted by Crippen LogP contribution is 2.36. The molecule has 0 aliphatic carbocycles. The van der Waals surface area contributed by atoms with Crippen LogP contribution in [0.25, 0.3) is 10.8 Å². The Morgan fingerprint density at radius 3 is 2.75 bits per heavy atom. The van der Waals surface area contributed by atoms with E-state index in [2.05, 4.69) is 20.4 Å². The van der Waals surface area contributed by atoms with Crippen molar-refractivity contribution in [1.82, 2.24) is 10.2 Å². The van der Waals surface area contributed by atoms with Crippen LogP contribution in [0.15, 0.2) is 51.0 Å². The van der Waals surface area contributed by atoms with Crippen molar-refractivity contribution in [1.29, 1.82) is 0 Å². The largest absolute Gasteiger partial charge is 0.506 e. The van der Waals surface area contributed by atoms with Gasteiger partial charge in [0.1, 0.15) is 11.4 Å². The van der Waals surface area contributed by atoms with Gasteiger partial charge in [0.2, 0.25) is 0 Å². The summed E-state index contributed by atoms with van der Waals surface area (Å²) in [6.07, 6.45) is 1.93. The van der Waals surface area contributed by atoms with Crippen LogP contribution in [-0.4, -0.2) is 21.6 Å². The summed E-state index contributed by atoms with van der Waals surface area (Å²) in [5, 5.41) is 28.3. The summed E-state index contributed by atoms with van der Waals surface area (Å²) in [6.45, 7) is 0. The first-order valence-electron chi connectivity index (χ1n) is 5.78. The van der Waals surface area contributed by atoms with E-state index in [1.165, 1.54) is 23.1 Å². The lowest BCUT2D eigenvalue weighted by molar-refractivity contribution is 0.477. The molecule has 0 spiro atoms. The fraction of sp³-hybridized carbons (Fsp3) is 0.0769. The number of fused-ring (bicyclic) bond motifs is 1. The molecule has 1 N–H and O–H groups in total. The highest BCUT2D eigenvalue weighted by atomic mass is 32.2. The molecule has 0 fully saturated rings. The lowest BCUT2D eigenvalue weighted by Gasteiger charge is -2.02. The van der Waals surface area contributed by atoms with Gasteiger partial charge in [-0.2, -0.15) is 0 Å². The zero-order valence-corrected chi connectivity index (χ0v) is 12.1. The van der Waals surface area contributed by atoms with E-state index in [0.717, 1.165) is 15.1 Å². The highest BCUT2D eigenvalue weighted by Gasteiger charge is 2.07. The predicted molar refractivity (Wildman–Crippen MR) is 81.5 cm³/mol. The number of nitrogens with zero attached hydrogens (tertiary/aromatic N) is 4. The number of hydrogen-bond acceptors (Lipinski definition) is 7. The van der Waals surface area contributed by atoms with Crippen molar-refractivity contribution in [3.8, 4) is 5.75 Å². The second kappa shape index (κ2) is 5.56. The molecule has 20 heavy (non-hydrogen) atoms. The molecule has 0 aliphatic heterocycles. The van der Waals surface area contributed by atoms with Crippen molar-refractivity contribution in [3.63, 3.8) is 0 Å². The van der Waals surface area contributed by atoms with Crippen LogP contribution in [0.2, 0.25) is 0 Å². The maximum Gasteiger partial charge on any atom is 0.252 e. The fourth-order valence-corrected chi connectivity index (χ4v) is 2.85. The Bertz CT molecular complexity index is 785. The van der Waals surface area contributed by atoms with E-state index in [1.54, 1.807) is 6.07 Å². The number of phenolic OH excluding ortho intramolecular Hbond substituents is 1. The Hall–Kier alpha value is -1.99. The van der Waals surface area contributed by atoms with Crippen LogP contribution in [-0.2, 0) is 0 Å². The minimum atomic E-state index is 0.0991. The summed E-state index contributed by atoms with van der Waals surface area (Å²) < 4.78 is 0.834. The number of aromatic nitrogens is 2. The second-order valence-electron chi connectivity index (χ2n) is 3.91. The molecule has 0 unspecified atom stereocenters. The number of hydrogen-bond donors (Lipinski definition) is 1. The summed E-state index contributed by atoms with van der Waals surface area (Å²) in [6, 6.07) is 11.2. The van der Waals surface area contributed by atoms with E-state index in [4.69, 9.17) is 0 Å². The molecule has 0 saturated carbocycles. The Labute approximate surface area is 123 Å². The van der Waals surface area contributed by atoms with Gasteiger partial charge in [0.15, 0.2) is 4.34 Å². The minimum Gasteiger partial charge on any atom is -0.506 e. The standard InChI is InChI=1S/C13H10N4OS2/c1-19-13-17-16-12(20-13)15-14-11-9-5-3-2-4-8(9)6-7-10(11)18/h2-7,18H,1H3. The summed E-state index contributed by atoms with van der Waals surface area (Å²) >= 11 is 2.87. The van der Waals surface area contributed by atoms with Crippen LogP contribution in [0.5, 0.6) is 5.75 Å². The first-order valence-corrected chi connectivity index (χ1v) is 7.82. The summed E-state index contributed by atoms with van der Waals surface area (Å²) in [5.74, 6) is 0.0991. The van der Waals surface area contributed by atoms with Gasteiger partial charge in [0.05, 0.1) is 0 Å². The third kappa shape index (κ3) is 2.50. The molecule has 5 nitrogen and oxygen atoms in total. The molecule has 2 aromatic carbocycles. The average molecular weight is 302 g/mol. The van der Waals surface area contributed by atoms with Crippen molar-refractivity contribution in [2.75, 3.05) is 6.26 Å². The Balaban J connectivity index is 2.03.